The normalized spacial score (nSPS) is 15.0. The molecule has 0 fully saturated rings. The minimum absolute atomic E-state index is 0.0936. The van der Waals surface area contributed by atoms with Gasteiger partial charge in [0, 0.05) is 41.6 Å². The fourth-order valence-electron chi connectivity index (χ4n) is 2.34. The van der Waals surface area contributed by atoms with E-state index in [4.69, 9.17) is 11.6 Å². The first-order chi connectivity index (χ1) is 10.0. The highest BCUT2D eigenvalue weighted by Crippen LogP contribution is 2.35. The summed E-state index contributed by atoms with van der Waals surface area (Å²) in [5, 5.41) is 3.47. The number of rotatable bonds is 2. The molecule has 0 radical (unpaired) electrons. The highest BCUT2D eigenvalue weighted by molar-refractivity contribution is 6.36. The minimum Gasteiger partial charge on any atom is -0.378 e. The number of hydrogen-bond acceptors (Lipinski definition) is 2. The maximum absolute atomic E-state index is 12.1. The molecule has 2 aromatic carbocycles. The molecule has 0 spiro atoms. The fourth-order valence-corrected chi connectivity index (χ4v) is 2.51. The van der Waals surface area contributed by atoms with Gasteiger partial charge in [0.25, 0.3) is 5.91 Å². The third-order valence-corrected chi connectivity index (χ3v) is 3.72. The van der Waals surface area contributed by atoms with Crippen molar-refractivity contribution in [3.63, 3.8) is 0 Å². The summed E-state index contributed by atoms with van der Waals surface area (Å²) in [5.74, 6) is -0.0936. The molecule has 106 valence electrons. The Morgan fingerprint density at radius 3 is 2.48 bits per heavy atom. The van der Waals surface area contributed by atoms with Gasteiger partial charge in [-0.1, -0.05) is 23.7 Å². The van der Waals surface area contributed by atoms with Gasteiger partial charge in [-0.3, -0.25) is 4.79 Å². The van der Waals surface area contributed by atoms with Crippen LogP contribution in [-0.2, 0) is 4.79 Å². The first-order valence-electron chi connectivity index (χ1n) is 6.65. The molecule has 2 aromatic rings. The Bertz CT molecular complexity index is 733. The minimum atomic E-state index is -0.0936. The lowest BCUT2D eigenvalue weighted by Crippen LogP contribution is -2.08. The maximum atomic E-state index is 12.1. The Balaban J connectivity index is 2.00. The standard InChI is InChI=1S/C17H15ClN2O/c1-20(2)13-6-3-11(4-7-13)9-15-14-10-12(18)5-8-16(14)19-17(15)21/h3-10H,1-2H3,(H,19,21)/b15-9+. The van der Waals surface area contributed by atoms with Crippen molar-refractivity contribution in [2.24, 2.45) is 0 Å². The van der Waals surface area contributed by atoms with Crippen LogP contribution in [0, 0.1) is 0 Å². The molecule has 0 atom stereocenters. The zero-order valence-electron chi connectivity index (χ0n) is 11.9. The van der Waals surface area contributed by atoms with E-state index in [-0.39, 0.29) is 5.91 Å². The number of nitrogens with zero attached hydrogens (tertiary/aromatic N) is 1. The number of fused-ring (bicyclic) bond motifs is 1. The largest absolute Gasteiger partial charge is 0.378 e. The van der Waals surface area contributed by atoms with Crippen molar-refractivity contribution >= 4 is 40.5 Å². The van der Waals surface area contributed by atoms with Crippen molar-refractivity contribution < 1.29 is 4.79 Å². The first-order valence-corrected chi connectivity index (χ1v) is 7.03. The lowest BCUT2D eigenvalue weighted by molar-refractivity contribution is -0.110. The Kier molecular flexibility index (Phi) is 3.43. The molecule has 0 bridgehead atoms. The summed E-state index contributed by atoms with van der Waals surface area (Å²) in [6, 6.07) is 13.5. The number of carbonyl (C=O) groups excluding carboxylic acids is 1. The molecule has 0 aliphatic carbocycles. The lowest BCUT2D eigenvalue weighted by Gasteiger charge is -2.11. The van der Waals surface area contributed by atoms with E-state index in [9.17, 15) is 4.79 Å². The third-order valence-electron chi connectivity index (χ3n) is 3.49. The van der Waals surface area contributed by atoms with Gasteiger partial charge in [-0.25, -0.2) is 0 Å². The number of amides is 1. The molecule has 21 heavy (non-hydrogen) atoms. The molecule has 3 rings (SSSR count). The van der Waals surface area contributed by atoms with Gasteiger partial charge < -0.3 is 10.2 Å². The topological polar surface area (TPSA) is 32.3 Å². The third kappa shape index (κ3) is 2.65. The average molecular weight is 299 g/mol. The number of benzene rings is 2. The van der Waals surface area contributed by atoms with Gasteiger partial charge in [-0.2, -0.15) is 0 Å². The van der Waals surface area contributed by atoms with E-state index >= 15 is 0 Å². The van der Waals surface area contributed by atoms with Crippen LogP contribution in [0.3, 0.4) is 0 Å². The summed E-state index contributed by atoms with van der Waals surface area (Å²) in [7, 11) is 3.99. The SMILES string of the molecule is CN(C)c1ccc(/C=C2/C(=O)Nc3ccc(Cl)cc32)cc1. The number of nitrogens with one attached hydrogen (secondary N) is 1. The molecule has 0 saturated heterocycles. The molecule has 3 nitrogen and oxygen atoms in total. The van der Waals surface area contributed by atoms with Gasteiger partial charge in [0.2, 0.25) is 0 Å². The van der Waals surface area contributed by atoms with Gasteiger partial charge in [-0.15, -0.1) is 0 Å². The van der Waals surface area contributed by atoms with Crippen LogP contribution in [0.4, 0.5) is 11.4 Å². The fraction of sp³-hybridized carbons (Fsp3) is 0.118. The summed E-state index contributed by atoms with van der Waals surface area (Å²) in [4.78, 5) is 14.1. The van der Waals surface area contributed by atoms with Gasteiger partial charge in [0.1, 0.15) is 0 Å². The Morgan fingerprint density at radius 1 is 1.10 bits per heavy atom. The van der Waals surface area contributed by atoms with Crippen molar-refractivity contribution in [2.75, 3.05) is 24.3 Å². The van der Waals surface area contributed by atoms with Crippen LogP contribution < -0.4 is 10.2 Å². The number of hydrogen-bond donors (Lipinski definition) is 1. The summed E-state index contributed by atoms with van der Waals surface area (Å²) < 4.78 is 0. The molecular weight excluding hydrogens is 284 g/mol. The summed E-state index contributed by atoms with van der Waals surface area (Å²) in [6.45, 7) is 0. The second kappa shape index (κ2) is 5.26. The zero-order valence-corrected chi connectivity index (χ0v) is 12.6. The smallest absolute Gasteiger partial charge is 0.256 e. The Hall–Kier alpha value is -2.26. The molecule has 0 aromatic heterocycles. The summed E-state index contributed by atoms with van der Waals surface area (Å²) in [6.07, 6.45) is 1.89. The summed E-state index contributed by atoms with van der Waals surface area (Å²) in [5.41, 5.74) is 4.41. The maximum Gasteiger partial charge on any atom is 0.256 e. The number of anilines is 2. The van der Waals surface area contributed by atoms with Gasteiger partial charge in [0.15, 0.2) is 0 Å². The van der Waals surface area contributed by atoms with Crippen molar-refractivity contribution in [2.45, 2.75) is 0 Å². The second-order valence-corrected chi connectivity index (χ2v) is 5.62. The Morgan fingerprint density at radius 2 is 1.81 bits per heavy atom. The molecule has 0 saturated carbocycles. The molecular formula is C17H15ClN2O. The Labute approximate surface area is 128 Å². The molecule has 0 unspecified atom stereocenters. The highest BCUT2D eigenvalue weighted by atomic mass is 35.5. The van der Waals surface area contributed by atoms with Crippen LogP contribution in [0.1, 0.15) is 11.1 Å². The molecule has 1 N–H and O–H groups in total. The van der Waals surface area contributed by atoms with Gasteiger partial charge in [-0.05, 0) is 42.0 Å². The number of halogens is 1. The molecule has 1 aliphatic rings. The van der Waals surface area contributed by atoms with E-state index < -0.39 is 0 Å². The van der Waals surface area contributed by atoms with E-state index in [0.717, 1.165) is 22.5 Å². The van der Waals surface area contributed by atoms with E-state index in [0.29, 0.717) is 10.6 Å². The molecule has 1 aliphatic heterocycles. The van der Waals surface area contributed by atoms with Gasteiger partial charge >= 0.3 is 0 Å². The average Bonchev–Trinajstić information content (AvgIpc) is 2.76. The number of carbonyl (C=O) groups is 1. The van der Waals surface area contributed by atoms with Crippen LogP contribution in [-0.4, -0.2) is 20.0 Å². The lowest BCUT2D eigenvalue weighted by atomic mass is 10.0. The van der Waals surface area contributed by atoms with Crippen LogP contribution in [0.2, 0.25) is 5.02 Å². The van der Waals surface area contributed by atoms with Crippen molar-refractivity contribution in [3.05, 3.63) is 58.6 Å². The van der Waals surface area contributed by atoms with E-state index in [1.165, 1.54) is 0 Å². The van der Waals surface area contributed by atoms with E-state index in [1.807, 2.05) is 61.5 Å². The van der Waals surface area contributed by atoms with E-state index in [2.05, 4.69) is 5.32 Å². The van der Waals surface area contributed by atoms with Crippen LogP contribution in [0.25, 0.3) is 11.6 Å². The van der Waals surface area contributed by atoms with Gasteiger partial charge in [0.05, 0.1) is 0 Å². The monoisotopic (exact) mass is 298 g/mol. The first kappa shape index (κ1) is 13.7. The highest BCUT2D eigenvalue weighted by Gasteiger charge is 2.24. The van der Waals surface area contributed by atoms with Crippen LogP contribution in [0.15, 0.2) is 42.5 Å². The zero-order chi connectivity index (χ0) is 15.0. The van der Waals surface area contributed by atoms with Crippen molar-refractivity contribution in [1.82, 2.24) is 0 Å². The molecule has 1 amide bonds. The van der Waals surface area contributed by atoms with Crippen molar-refractivity contribution in [3.8, 4) is 0 Å². The van der Waals surface area contributed by atoms with E-state index in [1.54, 1.807) is 6.07 Å². The van der Waals surface area contributed by atoms with Crippen LogP contribution in [0.5, 0.6) is 0 Å². The van der Waals surface area contributed by atoms with Crippen molar-refractivity contribution in [1.29, 1.82) is 0 Å². The summed E-state index contributed by atoms with van der Waals surface area (Å²) >= 11 is 6.02. The van der Waals surface area contributed by atoms with Crippen LogP contribution >= 0.6 is 11.6 Å². The quantitative estimate of drug-likeness (QED) is 0.853. The predicted molar refractivity (Wildman–Crippen MR) is 88.7 cm³/mol. The molecule has 1 heterocycles. The molecule has 4 heteroatoms. The second-order valence-electron chi connectivity index (χ2n) is 5.19. The predicted octanol–water partition coefficient (Wildman–Crippen LogP) is 3.90.